The van der Waals surface area contributed by atoms with E-state index in [9.17, 15) is 8.78 Å². The molecule has 196 valence electrons. The summed E-state index contributed by atoms with van der Waals surface area (Å²) >= 11 is 0. The van der Waals surface area contributed by atoms with Gasteiger partial charge < -0.3 is 4.74 Å². The number of benzene rings is 5. The molecular formula is C37H28F2O. The Morgan fingerprint density at radius 3 is 1.90 bits per heavy atom. The van der Waals surface area contributed by atoms with E-state index in [4.69, 9.17) is 4.74 Å². The Balaban J connectivity index is 1.45. The van der Waals surface area contributed by atoms with Gasteiger partial charge in [-0.2, -0.15) is 0 Å². The van der Waals surface area contributed by atoms with Gasteiger partial charge in [0.15, 0.2) is 5.60 Å². The highest BCUT2D eigenvalue weighted by Crippen LogP contribution is 2.61. The number of fused-ring (bicyclic) bond motifs is 10. The number of ether oxygens (including phenoxy) is 1. The predicted molar refractivity (Wildman–Crippen MR) is 156 cm³/mol. The van der Waals surface area contributed by atoms with Crippen LogP contribution in [0.25, 0.3) is 28.0 Å². The smallest absolute Gasteiger partial charge is 0.178 e. The van der Waals surface area contributed by atoms with Gasteiger partial charge in [0, 0.05) is 27.5 Å². The molecule has 0 radical (unpaired) electrons. The lowest BCUT2D eigenvalue weighted by Gasteiger charge is -2.41. The zero-order valence-corrected chi connectivity index (χ0v) is 22.1. The van der Waals surface area contributed by atoms with Crippen LogP contribution in [0, 0.1) is 11.6 Å². The molecule has 3 heteroatoms. The molecule has 8 rings (SSSR count). The third kappa shape index (κ3) is 3.18. The summed E-state index contributed by atoms with van der Waals surface area (Å²) in [6.07, 6.45) is 10.2. The summed E-state index contributed by atoms with van der Waals surface area (Å²) in [6, 6.07) is 30.4. The Morgan fingerprint density at radius 2 is 1.23 bits per heavy atom. The van der Waals surface area contributed by atoms with Gasteiger partial charge in [-0.25, -0.2) is 8.78 Å². The van der Waals surface area contributed by atoms with Gasteiger partial charge in [0.05, 0.1) is 0 Å². The molecule has 0 bridgehead atoms. The quantitative estimate of drug-likeness (QED) is 0.222. The first-order chi connectivity index (χ1) is 19.6. The van der Waals surface area contributed by atoms with Crippen LogP contribution >= 0.6 is 0 Å². The molecule has 2 aliphatic carbocycles. The van der Waals surface area contributed by atoms with Gasteiger partial charge in [-0.1, -0.05) is 98.1 Å². The van der Waals surface area contributed by atoms with Gasteiger partial charge >= 0.3 is 0 Å². The summed E-state index contributed by atoms with van der Waals surface area (Å²) in [4.78, 5) is 0. The zero-order valence-electron chi connectivity index (χ0n) is 22.1. The van der Waals surface area contributed by atoms with Crippen molar-refractivity contribution < 1.29 is 13.5 Å². The second-order valence-corrected chi connectivity index (χ2v) is 11.4. The fraction of sp³-hybridized carbons (Fsp3) is 0.189. The van der Waals surface area contributed by atoms with E-state index < -0.39 is 5.60 Å². The lowest BCUT2D eigenvalue weighted by atomic mass is 9.66. The van der Waals surface area contributed by atoms with Crippen molar-refractivity contribution in [3.05, 3.63) is 143 Å². The first kappa shape index (κ1) is 23.6. The van der Waals surface area contributed by atoms with Crippen LogP contribution in [0.5, 0.6) is 5.75 Å². The maximum Gasteiger partial charge on any atom is 0.178 e. The SMILES string of the molecule is Fc1ccc(C2(c3ccc(F)cc3)C=Cc3c4c(c5ccccc5c3O2)-c2ccccc2C42CCCCC2)cc1. The molecule has 0 N–H and O–H groups in total. The molecule has 5 aromatic carbocycles. The van der Waals surface area contributed by atoms with E-state index >= 15 is 0 Å². The van der Waals surface area contributed by atoms with Crippen LogP contribution in [0.15, 0.2) is 103 Å². The van der Waals surface area contributed by atoms with Crippen molar-refractivity contribution >= 4 is 16.8 Å². The Bertz CT molecular complexity index is 1760. The fourth-order valence-corrected chi connectivity index (χ4v) is 7.67. The minimum Gasteiger partial charge on any atom is -0.472 e. The van der Waals surface area contributed by atoms with Gasteiger partial charge in [-0.05, 0) is 70.8 Å². The molecule has 1 heterocycles. The summed E-state index contributed by atoms with van der Waals surface area (Å²) in [5, 5.41) is 2.24. The minimum absolute atomic E-state index is 0.0439. The molecule has 1 saturated carbocycles. The molecule has 0 saturated heterocycles. The van der Waals surface area contributed by atoms with Crippen LogP contribution in [-0.4, -0.2) is 0 Å². The van der Waals surface area contributed by atoms with Crippen LogP contribution in [0.4, 0.5) is 8.78 Å². The summed E-state index contributed by atoms with van der Waals surface area (Å²) in [6.45, 7) is 0. The molecule has 0 amide bonds. The largest absolute Gasteiger partial charge is 0.472 e. The highest BCUT2D eigenvalue weighted by Gasteiger charge is 2.48. The Morgan fingerprint density at radius 1 is 0.625 bits per heavy atom. The van der Waals surface area contributed by atoms with Gasteiger partial charge in [-0.3, -0.25) is 0 Å². The van der Waals surface area contributed by atoms with Crippen molar-refractivity contribution in [2.75, 3.05) is 0 Å². The van der Waals surface area contributed by atoms with Crippen molar-refractivity contribution in [2.45, 2.75) is 43.1 Å². The number of rotatable bonds is 2. The number of hydrogen-bond acceptors (Lipinski definition) is 1. The average molecular weight is 527 g/mol. The molecule has 0 unspecified atom stereocenters. The highest BCUT2D eigenvalue weighted by molar-refractivity contribution is 6.08. The summed E-state index contributed by atoms with van der Waals surface area (Å²) in [5.74, 6) is 0.222. The van der Waals surface area contributed by atoms with Gasteiger partial charge in [0.2, 0.25) is 0 Å². The minimum atomic E-state index is -1.03. The maximum absolute atomic E-state index is 14.1. The van der Waals surface area contributed by atoms with Gasteiger partial charge in [0.25, 0.3) is 0 Å². The maximum atomic E-state index is 14.1. The average Bonchev–Trinajstić information content (AvgIpc) is 3.28. The van der Waals surface area contributed by atoms with E-state index in [0.717, 1.165) is 40.7 Å². The Kier molecular flexibility index (Phi) is 5.10. The van der Waals surface area contributed by atoms with E-state index in [1.54, 1.807) is 24.3 Å². The molecule has 40 heavy (non-hydrogen) atoms. The van der Waals surface area contributed by atoms with E-state index in [2.05, 4.69) is 60.7 Å². The van der Waals surface area contributed by atoms with E-state index in [1.165, 1.54) is 71.2 Å². The van der Waals surface area contributed by atoms with Crippen molar-refractivity contribution in [3.8, 4) is 16.9 Å². The van der Waals surface area contributed by atoms with Crippen LogP contribution in [0.2, 0.25) is 0 Å². The van der Waals surface area contributed by atoms with Gasteiger partial charge in [0.1, 0.15) is 17.4 Å². The molecule has 1 nitrogen and oxygen atoms in total. The standard InChI is InChI=1S/C37H28F2O/c38-26-16-12-24(13-17-26)37(25-14-18-27(39)19-15-25)23-20-31-34-33(28-8-2-3-9-29(28)35(31)40-37)30-10-4-5-11-32(30)36(34)21-6-1-7-22-36/h2-5,8-20,23H,1,6-7,21-22H2. The fourth-order valence-electron chi connectivity index (χ4n) is 7.67. The molecule has 5 aromatic rings. The van der Waals surface area contributed by atoms with Crippen molar-refractivity contribution in [1.82, 2.24) is 0 Å². The molecule has 1 fully saturated rings. The summed E-state index contributed by atoms with van der Waals surface area (Å²) in [7, 11) is 0. The highest BCUT2D eigenvalue weighted by atomic mass is 19.1. The third-order valence-electron chi connectivity index (χ3n) is 9.40. The zero-order chi connectivity index (χ0) is 26.9. The van der Waals surface area contributed by atoms with Crippen molar-refractivity contribution in [1.29, 1.82) is 0 Å². The van der Waals surface area contributed by atoms with E-state index in [0.29, 0.717) is 0 Å². The van der Waals surface area contributed by atoms with Crippen LogP contribution in [0.3, 0.4) is 0 Å². The summed E-state index contributed by atoms with van der Waals surface area (Å²) in [5.41, 5.74) is 7.12. The van der Waals surface area contributed by atoms with E-state index in [-0.39, 0.29) is 17.0 Å². The van der Waals surface area contributed by atoms with Gasteiger partial charge in [-0.15, -0.1) is 0 Å². The number of halogens is 2. The normalized spacial score (nSPS) is 17.8. The predicted octanol–water partition coefficient (Wildman–Crippen LogP) is 9.70. The molecule has 0 atom stereocenters. The Labute approximate surface area is 232 Å². The van der Waals surface area contributed by atoms with Crippen LogP contribution < -0.4 is 4.74 Å². The Hall–Kier alpha value is -4.24. The monoisotopic (exact) mass is 526 g/mol. The topological polar surface area (TPSA) is 9.23 Å². The lowest BCUT2D eigenvalue weighted by Crippen LogP contribution is -2.35. The third-order valence-corrected chi connectivity index (χ3v) is 9.40. The molecular weight excluding hydrogens is 498 g/mol. The van der Waals surface area contributed by atoms with Crippen molar-refractivity contribution in [2.24, 2.45) is 0 Å². The van der Waals surface area contributed by atoms with Crippen LogP contribution in [-0.2, 0) is 11.0 Å². The lowest BCUT2D eigenvalue weighted by molar-refractivity contribution is 0.163. The first-order valence-electron chi connectivity index (χ1n) is 14.2. The van der Waals surface area contributed by atoms with E-state index in [1.807, 2.05) is 0 Å². The second-order valence-electron chi connectivity index (χ2n) is 11.4. The molecule has 3 aliphatic rings. The second kappa shape index (κ2) is 8.63. The molecule has 0 aromatic heterocycles. The van der Waals surface area contributed by atoms with Crippen molar-refractivity contribution in [3.63, 3.8) is 0 Å². The number of hydrogen-bond donors (Lipinski definition) is 0. The molecule has 1 spiro atoms. The summed E-state index contributed by atoms with van der Waals surface area (Å²) < 4.78 is 35.3. The van der Waals surface area contributed by atoms with Crippen LogP contribution in [0.1, 0.15) is 59.9 Å². The first-order valence-corrected chi connectivity index (χ1v) is 14.2. The molecule has 1 aliphatic heterocycles.